The van der Waals surface area contributed by atoms with Crippen molar-refractivity contribution in [2.24, 2.45) is 0 Å². The highest BCUT2D eigenvalue weighted by atomic mass is 79.9. The summed E-state index contributed by atoms with van der Waals surface area (Å²) in [7, 11) is 0. The predicted octanol–water partition coefficient (Wildman–Crippen LogP) is 5.61. The van der Waals surface area contributed by atoms with Gasteiger partial charge in [-0.2, -0.15) is 4.98 Å². The standard InChI is InChI=1S/C10H3BrCl2N2OS2/c11-9-14-7-8(17-9)15-10(18-7)16-5-3-1-2-4(12)6(5)13/h1-3H. The van der Waals surface area contributed by atoms with Gasteiger partial charge in [-0.25, -0.2) is 4.98 Å². The minimum Gasteiger partial charge on any atom is -0.429 e. The molecule has 0 fully saturated rings. The first-order valence-electron chi connectivity index (χ1n) is 4.68. The molecule has 3 nitrogen and oxygen atoms in total. The number of rotatable bonds is 2. The van der Waals surface area contributed by atoms with E-state index >= 15 is 0 Å². The van der Waals surface area contributed by atoms with Crippen LogP contribution in [0.4, 0.5) is 0 Å². The van der Waals surface area contributed by atoms with Crippen LogP contribution in [0.25, 0.3) is 9.66 Å². The number of benzene rings is 1. The molecule has 3 aromatic rings. The number of ether oxygens (including phenoxy) is 1. The zero-order valence-electron chi connectivity index (χ0n) is 8.49. The maximum absolute atomic E-state index is 6.04. The van der Waals surface area contributed by atoms with E-state index in [4.69, 9.17) is 27.9 Å². The van der Waals surface area contributed by atoms with Gasteiger partial charge in [0.15, 0.2) is 13.6 Å². The first-order chi connectivity index (χ1) is 8.63. The van der Waals surface area contributed by atoms with E-state index in [9.17, 15) is 0 Å². The molecule has 0 aliphatic rings. The van der Waals surface area contributed by atoms with Crippen LogP contribution in [0.3, 0.4) is 0 Å². The van der Waals surface area contributed by atoms with Crippen molar-refractivity contribution in [2.75, 3.05) is 0 Å². The number of aromatic nitrogens is 2. The van der Waals surface area contributed by atoms with Gasteiger partial charge in [-0.15, -0.1) is 0 Å². The van der Waals surface area contributed by atoms with Gasteiger partial charge in [0, 0.05) is 0 Å². The topological polar surface area (TPSA) is 35.0 Å². The third kappa shape index (κ3) is 2.35. The minimum absolute atomic E-state index is 0.381. The maximum Gasteiger partial charge on any atom is 0.282 e. The highest BCUT2D eigenvalue weighted by Crippen LogP contribution is 2.39. The Hall–Kier alpha value is -0.400. The van der Waals surface area contributed by atoms with E-state index in [1.54, 1.807) is 18.2 Å². The molecule has 92 valence electrons. The quantitative estimate of drug-likeness (QED) is 0.578. The Labute approximate surface area is 128 Å². The number of hydrogen-bond acceptors (Lipinski definition) is 5. The fourth-order valence-electron chi connectivity index (χ4n) is 1.30. The van der Waals surface area contributed by atoms with Gasteiger partial charge in [0.05, 0.1) is 5.02 Å². The van der Waals surface area contributed by atoms with E-state index in [0.29, 0.717) is 21.0 Å². The van der Waals surface area contributed by atoms with Crippen molar-refractivity contribution in [3.8, 4) is 10.9 Å². The van der Waals surface area contributed by atoms with Crippen molar-refractivity contribution in [1.82, 2.24) is 9.97 Å². The molecular formula is C10H3BrCl2N2OS2. The van der Waals surface area contributed by atoms with Crippen molar-refractivity contribution < 1.29 is 4.74 Å². The molecule has 0 spiro atoms. The number of thiazole rings is 2. The van der Waals surface area contributed by atoms with Gasteiger partial charge in [-0.1, -0.05) is 51.9 Å². The van der Waals surface area contributed by atoms with Gasteiger partial charge in [0.1, 0.15) is 10.8 Å². The first-order valence-corrected chi connectivity index (χ1v) is 7.86. The summed E-state index contributed by atoms with van der Waals surface area (Å²) < 4.78 is 6.42. The van der Waals surface area contributed by atoms with Crippen molar-refractivity contribution in [1.29, 1.82) is 0 Å². The highest BCUT2D eigenvalue weighted by molar-refractivity contribution is 9.11. The van der Waals surface area contributed by atoms with Crippen LogP contribution in [0.15, 0.2) is 22.1 Å². The first kappa shape index (κ1) is 12.6. The van der Waals surface area contributed by atoms with E-state index in [1.807, 2.05) is 0 Å². The molecular weight excluding hydrogens is 379 g/mol. The van der Waals surface area contributed by atoms with E-state index in [2.05, 4.69) is 25.9 Å². The number of halogens is 3. The number of hydrogen-bond donors (Lipinski definition) is 0. The summed E-state index contributed by atoms with van der Waals surface area (Å²) in [5, 5.41) is 1.33. The Bertz CT molecular complexity index is 696. The fourth-order valence-corrected chi connectivity index (χ4v) is 4.01. The van der Waals surface area contributed by atoms with Crippen LogP contribution < -0.4 is 4.74 Å². The molecule has 0 bridgehead atoms. The predicted molar refractivity (Wildman–Crippen MR) is 79.5 cm³/mol. The van der Waals surface area contributed by atoms with Crippen molar-refractivity contribution >= 4 is 71.5 Å². The molecule has 0 saturated heterocycles. The Kier molecular flexibility index (Phi) is 3.46. The van der Waals surface area contributed by atoms with Crippen LogP contribution in [0, 0.1) is 0 Å². The Morgan fingerprint density at radius 1 is 1.11 bits per heavy atom. The normalized spacial score (nSPS) is 11.1. The minimum atomic E-state index is 0.381. The van der Waals surface area contributed by atoms with Gasteiger partial charge in [-0.3, -0.25) is 0 Å². The Morgan fingerprint density at radius 2 is 1.89 bits per heavy atom. The van der Waals surface area contributed by atoms with Crippen molar-refractivity contribution in [3.05, 3.63) is 32.2 Å². The lowest BCUT2D eigenvalue weighted by Crippen LogP contribution is -1.84. The lowest BCUT2D eigenvalue weighted by atomic mass is 10.3. The molecule has 0 aliphatic heterocycles. The molecule has 2 heterocycles. The zero-order valence-corrected chi connectivity index (χ0v) is 13.2. The van der Waals surface area contributed by atoms with E-state index < -0.39 is 0 Å². The van der Waals surface area contributed by atoms with Gasteiger partial charge >= 0.3 is 0 Å². The smallest absolute Gasteiger partial charge is 0.282 e. The second-order valence-electron chi connectivity index (χ2n) is 3.21. The van der Waals surface area contributed by atoms with E-state index in [0.717, 1.165) is 13.6 Å². The maximum atomic E-state index is 6.04. The summed E-state index contributed by atoms with van der Waals surface area (Å²) in [6.07, 6.45) is 0. The molecule has 2 aromatic heterocycles. The van der Waals surface area contributed by atoms with E-state index in [-0.39, 0.29) is 0 Å². The second-order valence-corrected chi connectivity index (χ2v) is 7.19. The molecule has 0 unspecified atom stereocenters. The average Bonchev–Trinajstić information content (AvgIpc) is 2.81. The molecule has 8 heteroatoms. The summed E-state index contributed by atoms with van der Waals surface area (Å²) in [5.74, 6) is 0.490. The molecule has 0 radical (unpaired) electrons. The van der Waals surface area contributed by atoms with Crippen LogP contribution in [-0.2, 0) is 0 Å². The second kappa shape index (κ2) is 4.94. The molecule has 1 aromatic carbocycles. The molecule has 0 atom stereocenters. The van der Waals surface area contributed by atoms with Gasteiger partial charge in [-0.05, 0) is 28.1 Å². The Morgan fingerprint density at radius 3 is 2.67 bits per heavy atom. The molecule has 3 rings (SSSR count). The van der Waals surface area contributed by atoms with Gasteiger partial charge in [0.25, 0.3) is 5.19 Å². The molecule has 0 amide bonds. The van der Waals surface area contributed by atoms with Crippen molar-refractivity contribution in [3.63, 3.8) is 0 Å². The van der Waals surface area contributed by atoms with Crippen LogP contribution in [-0.4, -0.2) is 9.97 Å². The van der Waals surface area contributed by atoms with Gasteiger partial charge < -0.3 is 4.74 Å². The SMILES string of the molecule is Clc1cccc(Oc2nc3sc(Br)nc3s2)c1Cl. The summed E-state index contributed by atoms with van der Waals surface area (Å²) in [6, 6.07) is 5.22. The third-order valence-electron chi connectivity index (χ3n) is 2.04. The molecule has 0 aliphatic carbocycles. The summed E-state index contributed by atoms with van der Waals surface area (Å²) in [4.78, 5) is 10.3. The lowest BCUT2D eigenvalue weighted by molar-refractivity contribution is 0.480. The summed E-state index contributed by atoms with van der Waals surface area (Å²) in [5.41, 5.74) is 0. The third-order valence-corrected chi connectivity index (χ3v) is 5.20. The molecule has 0 saturated carbocycles. The lowest BCUT2D eigenvalue weighted by Gasteiger charge is -2.04. The van der Waals surface area contributed by atoms with Crippen LogP contribution in [0.1, 0.15) is 0 Å². The molecule has 0 N–H and O–H groups in total. The largest absolute Gasteiger partial charge is 0.429 e. The monoisotopic (exact) mass is 380 g/mol. The van der Waals surface area contributed by atoms with Crippen LogP contribution >= 0.6 is 61.8 Å². The van der Waals surface area contributed by atoms with Crippen LogP contribution in [0.5, 0.6) is 10.9 Å². The summed E-state index contributed by atoms with van der Waals surface area (Å²) in [6.45, 7) is 0. The van der Waals surface area contributed by atoms with E-state index in [1.165, 1.54) is 22.7 Å². The zero-order chi connectivity index (χ0) is 12.7. The van der Waals surface area contributed by atoms with Crippen molar-refractivity contribution in [2.45, 2.75) is 0 Å². The summed E-state index contributed by atoms with van der Waals surface area (Å²) >= 11 is 18.1. The number of nitrogens with zero attached hydrogens (tertiary/aromatic N) is 2. The fraction of sp³-hybridized carbons (Fsp3) is 0. The number of fused-ring (bicyclic) bond motifs is 1. The van der Waals surface area contributed by atoms with Crippen LogP contribution in [0.2, 0.25) is 10.0 Å². The molecule has 18 heavy (non-hydrogen) atoms. The van der Waals surface area contributed by atoms with Gasteiger partial charge in [0.2, 0.25) is 0 Å². The Balaban J connectivity index is 1.96. The highest BCUT2D eigenvalue weighted by Gasteiger charge is 2.13. The average molecular weight is 382 g/mol.